The first kappa shape index (κ1) is 102. The van der Waals surface area contributed by atoms with Crippen LogP contribution in [0.5, 0.6) is 0 Å². The molecule has 0 spiro atoms. The van der Waals surface area contributed by atoms with Gasteiger partial charge in [-0.25, -0.2) is 0 Å². The number of hydrogen-bond donors (Lipinski definition) is 0. The second-order valence-electron chi connectivity index (χ2n) is 38.7. The lowest BCUT2D eigenvalue weighted by Gasteiger charge is -2.60. The fourth-order valence-corrected chi connectivity index (χ4v) is 23.0. The topological polar surface area (TPSA) is 210 Å². The van der Waals surface area contributed by atoms with Gasteiger partial charge in [0, 0.05) is 23.7 Å². The maximum Gasteiger partial charge on any atom is 0.311 e. The van der Waals surface area contributed by atoms with Crippen LogP contribution in [0.15, 0.2) is 0 Å². The Balaban J connectivity index is 0.000000379. The van der Waals surface area contributed by atoms with Crippen molar-refractivity contribution in [2.75, 3.05) is 0 Å². The van der Waals surface area contributed by atoms with E-state index in [1.165, 1.54) is 51.4 Å². The minimum Gasteiger partial charge on any atom is -0.462 e. The normalized spacial score (nSPS) is 35.3. The highest BCUT2D eigenvalue weighted by atomic mass is 16.6. The van der Waals surface area contributed by atoms with E-state index in [2.05, 4.69) is 27.7 Å². The minimum atomic E-state index is -0.452. The number of carbonyl (C=O) groups excluding carboxylic acids is 8. The van der Waals surface area contributed by atoms with Crippen molar-refractivity contribution in [3.8, 4) is 0 Å². The van der Waals surface area contributed by atoms with E-state index in [-0.39, 0.29) is 213 Å². The fourth-order valence-electron chi connectivity index (χ4n) is 23.0. The molecular formula is C96H172O16. The molecule has 0 aromatic heterocycles. The summed E-state index contributed by atoms with van der Waals surface area (Å²) in [6, 6.07) is 0. The summed E-state index contributed by atoms with van der Waals surface area (Å²) >= 11 is 0. The van der Waals surface area contributed by atoms with Crippen molar-refractivity contribution in [2.24, 2.45) is 117 Å². The van der Waals surface area contributed by atoms with E-state index in [0.29, 0.717) is 35.5 Å². The highest BCUT2D eigenvalue weighted by molar-refractivity contribution is 5.79. The molecule has 15 aliphatic carbocycles. The average molecular weight is 1580 g/mol. The molecule has 12 bridgehead atoms. The molecule has 0 aromatic carbocycles. The van der Waals surface area contributed by atoms with Gasteiger partial charge in [0.15, 0.2) is 0 Å². The Hall–Kier alpha value is -4.24. The first-order valence-electron chi connectivity index (χ1n) is 43.1. The first-order valence-corrected chi connectivity index (χ1v) is 43.1. The predicted molar refractivity (Wildman–Crippen MR) is 451 cm³/mol. The smallest absolute Gasteiger partial charge is 0.311 e. The lowest BCUT2D eigenvalue weighted by molar-refractivity contribution is -0.217. The molecule has 0 N–H and O–H groups in total. The summed E-state index contributed by atoms with van der Waals surface area (Å²) in [7, 11) is 0. The Bertz CT molecular complexity index is 2960. The summed E-state index contributed by atoms with van der Waals surface area (Å²) in [6.07, 6.45) is 39.0. The Morgan fingerprint density at radius 1 is 0.330 bits per heavy atom. The molecule has 0 heterocycles. The van der Waals surface area contributed by atoms with Crippen molar-refractivity contribution in [3.63, 3.8) is 0 Å². The molecular weight excluding hydrogens is 1410 g/mol. The Labute approximate surface area is 685 Å². The number of carbonyl (C=O) groups is 8. The van der Waals surface area contributed by atoms with E-state index >= 15 is 0 Å². The maximum absolute atomic E-state index is 13.5. The summed E-state index contributed by atoms with van der Waals surface area (Å²) in [4.78, 5) is 101. The van der Waals surface area contributed by atoms with Gasteiger partial charge in [0.2, 0.25) is 0 Å². The Kier molecular flexibility index (Phi) is 38.6. The lowest BCUT2D eigenvalue weighted by atomic mass is 9.49. The molecule has 15 rings (SSSR count). The van der Waals surface area contributed by atoms with Crippen LogP contribution >= 0.6 is 0 Å². The fraction of sp³-hybridized carbons (Fsp3) is 0.917. The number of esters is 8. The van der Waals surface area contributed by atoms with Gasteiger partial charge < -0.3 is 37.9 Å². The van der Waals surface area contributed by atoms with Gasteiger partial charge in [0.25, 0.3) is 0 Å². The highest BCUT2D eigenvalue weighted by Crippen LogP contribution is 2.62. The second-order valence-corrected chi connectivity index (χ2v) is 38.7. The molecule has 15 aliphatic rings. The van der Waals surface area contributed by atoms with Crippen molar-refractivity contribution in [1.82, 2.24) is 0 Å². The van der Waals surface area contributed by atoms with Crippen molar-refractivity contribution >= 4 is 47.8 Å². The summed E-state index contributed by atoms with van der Waals surface area (Å²) in [5.41, 5.74) is -1.92. The highest BCUT2D eigenvalue weighted by Gasteiger charge is 2.62. The van der Waals surface area contributed by atoms with E-state index < -0.39 is 10.8 Å². The summed E-state index contributed by atoms with van der Waals surface area (Å²) in [6.45, 7) is 28.1. The first-order chi connectivity index (χ1) is 49.4. The van der Waals surface area contributed by atoms with Gasteiger partial charge in [-0.2, -0.15) is 0 Å². The van der Waals surface area contributed by atoms with Crippen LogP contribution in [0.4, 0.5) is 0 Å². The number of rotatable bonds is 22. The van der Waals surface area contributed by atoms with E-state index in [1.54, 1.807) is 0 Å². The Morgan fingerprint density at radius 2 is 0.607 bits per heavy atom. The standard InChI is InChI=1S/C25H38O4.C22H36O4.C21H34O4.C20H32O4.8CH4/c1-4-14(3)23(26)28-22-13-17-11-20(22)21(12-17)24(27)29-25(5-2)18-7-15-6-16(9-18)10-19(25)8-15;1-5-21(3,4)20(24)25-18-14-15-12-16(18)17(13-15)19(23)26-22(6-2)10-8-7-9-11-22;1-5-20(2,3)19(23)24-17-13-14-11-15(17)16(12-14)18(22)25-21(4)9-7-6-8-10-21;1-4-13(2)18(21)23-17-12-14-10-15(17)16(11-14)19(22)24-20(3)8-6-5-7-9-20;;;;;;;;/h14-22H,4-13H2,1-3H3;15-18H,5-14H2,1-4H3;14-17H,5-13H2,1-4H3;13-17H,4-12H2,1-3H3;8*1H4. The second kappa shape index (κ2) is 42.4. The van der Waals surface area contributed by atoms with Crippen LogP contribution in [-0.4, -0.2) is 94.6 Å². The van der Waals surface area contributed by atoms with Gasteiger partial charge in [-0.05, 0) is 314 Å². The van der Waals surface area contributed by atoms with Crippen LogP contribution in [0.1, 0.15) is 400 Å². The molecule has 112 heavy (non-hydrogen) atoms. The van der Waals surface area contributed by atoms with Gasteiger partial charge in [-0.15, -0.1) is 0 Å². The number of hydrogen-bond acceptors (Lipinski definition) is 16. The lowest BCUT2D eigenvalue weighted by Crippen LogP contribution is -2.60. The van der Waals surface area contributed by atoms with Crippen LogP contribution in [0, 0.1) is 117 Å². The molecule has 15 saturated carbocycles. The molecule has 0 aromatic rings. The largest absolute Gasteiger partial charge is 0.462 e. The third-order valence-electron chi connectivity index (χ3n) is 30.8. The van der Waals surface area contributed by atoms with E-state index in [4.69, 9.17) is 37.9 Å². The van der Waals surface area contributed by atoms with Crippen LogP contribution in [0.25, 0.3) is 0 Å². The zero-order chi connectivity index (χ0) is 74.8. The maximum atomic E-state index is 13.5. The van der Waals surface area contributed by atoms with Crippen molar-refractivity contribution in [1.29, 1.82) is 0 Å². The predicted octanol–water partition coefficient (Wildman–Crippen LogP) is 24.2. The molecule has 16 heteroatoms. The van der Waals surface area contributed by atoms with Gasteiger partial charge in [-0.3, -0.25) is 38.4 Å². The molecule has 652 valence electrons. The molecule has 0 radical (unpaired) electrons. The van der Waals surface area contributed by atoms with E-state index in [9.17, 15) is 38.4 Å². The third-order valence-corrected chi connectivity index (χ3v) is 30.8. The SMILES string of the molecule is C.C.C.C.C.C.C.C.CCC(C)(C)C(=O)OC1CC2CC(C(=O)OC3(C)CCCCC3)C1C2.CCC(C)C(=O)OC1CC2CC(C(=O)OC3(C)CCCCC3)C1C2.CCC(C)C(=O)OC1CC2CC(C(=O)OC3(CC)C4CC5CC(C4)CC3C5)C1C2.CCC1(OC(=O)C2CC3CC(OC(=O)C(C)(C)CC)C2C3)CCCCC1. The Morgan fingerprint density at radius 3 is 0.884 bits per heavy atom. The molecule has 18 atom stereocenters. The number of fused-ring (bicyclic) bond motifs is 8. The van der Waals surface area contributed by atoms with E-state index in [1.807, 2.05) is 69.2 Å². The summed E-state index contributed by atoms with van der Waals surface area (Å²) in [5, 5.41) is 0. The molecule has 18 unspecified atom stereocenters. The molecule has 0 amide bonds. The van der Waals surface area contributed by atoms with Crippen LogP contribution in [0.3, 0.4) is 0 Å². The van der Waals surface area contributed by atoms with Gasteiger partial charge >= 0.3 is 47.8 Å². The van der Waals surface area contributed by atoms with Crippen molar-refractivity contribution < 1.29 is 76.3 Å². The molecule has 16 nitrogen and oxygen atoms in total. The van der Waals surface area contributed by atoms with Crippen molar-refractivity contribution in [3.05, 3.63) is 0 Å². The van der Waals surface area contributed by atoms with Gasteiger partial charge in [-0.1, -0.05) is 134 Å². The number of ether oxygens (including phenoxy) is 8. The van der Waals surface area contributed by atoms with Gasteiger partial charge in [0.1, 0.15) is 46.8 Å². The summed E-state index contributed by atoms with van der Waals surface area (Å²) in [5.74, 6) is 4.62. The van der Waals surface area contributed by atoms with Crippen LogP contribution < -0.4 is 0 Å². The summed E-state index contributed by atoms with van der Waals surface area (Å²) < 4.78 is 47.9. The van der Waals surface area contributed by atoms with Crippen molar-refractivity contribution in [2.45, 2.75) is 447 Å². The zero-order valence-corrected chi connectivity index (χ0v) is 67.1. The molecule has 0 aliphatic heterocycles. The molecule has 15 fully saturated rings. The van der Waals surface area contributed by atoms with Gasteiger partial charge in [0.05, 0.1) is 46.3 Å². The third kappa shape index (κ3) is 22.8. The average Bonchev–Trinajstić information content (AvgIpc) is 0.841. The molecule has 0 saturated heterocycles. The zero-order valence-electron chi connectivity index (χ0n) is 67.1. The van der Waals surface area contributed by atoms with Crippen LogP contribution in [0.2, 0.25) is 0 Å². The van der Waals surface area contributed by atoms with E-state index in [0.717, 1.165) is 204 Å². The minimum absolute atomic E-state index is 0. The quantitative estimate of drug-likeness (QED) is 0.0729. The monoisotopic (exact) mass is 1580 g/mol. The van der Waals surface area contributed by atoms with Crippen LogP contribution in [-0.2, 0) is 76.3 Å².